The molecule has 1 N–H and O–H groups in total. The zero-order valence-corrected chi connectivity index (χ0v) is 14.6. The lowest BCUT2D eigenvalue weighted by Crippen LogP contribution is -2.24. The maximum Gasteiger partial charge on any atom is 0.277 e. The Labute approximate surface area is 151 Å². The lowest BCUT2D eigenvalue weighted by molar-refractivity contribution is -0.123. The second kappa shape index (κ2) is 7.55. The predicted octanol–water partition coefficient (Wildman–Crippen LogP) is 3.36. The van der Waals surface area contributed by atoms with Crippen molar-refractivity contribution in [1.82, 2.24) is 5.43 Å². The van der Waals surface area contributed by atoms with Gasteiger partial charge in [0.15, 0.2) is 18.1 Å². The van der Waals surface area contributed by atoms with Gasteiger partial charge in [-0.25, -0.2) is 5.43 Å². The molecule has 2 aromatic rings. The van der Waals surface area contributed by atoms with Crippen molar-refractivity contribution in [2.24, 2.45) is 5.10 Å². The van der Waals surface area contributed by atoms with E-state index in [2.05, 4.69) is 26.5 Å². The van der Waals surface area contributed by atoms with Gasteiger partial charge in [-0.2, -0.15) is 5.10 Å². The van der Waals surface area contributed by atoms with Gasteiger partial charge in [0.25, 0.3) is 5.91 Å². The molecule has 8 heteroatoms. The number of fused-ring (bicyclic) bond motifs is 1. The van der Waals surface area contributed by atoms with Gasteiger partial charge in [0.1, 0.15) is 5.75 Å². The van der Waals surface area contributed by atoms with Crippen molar-refractivity contribution < 1.29 is 19.0 Å². The quantitative estimate of drug-likeness (QED) is 0.605. The molecule has 24 heavy (non-hydrogen) atoms. The first kappa shape index (κ1) is 16.6. The monoisotopic (exact) mass is 410 g/mol. The smallest absolute Gasteiger partial charge is 0.277 e. The molecule has 2 aromatic carbocycles. The van der Waals surface area contributed by atoms with Crippen molar-refractivity contribution in [2.75, 3.05) is 13.4 Å². The van der Waals surface area contributed by atoms with Crippen LogP contribution >= 0.6 is 27.5 Å². The van der Waals surface area contributed by atoms with E-state index >= 15 is 0 Å². The molecule has 0 aliphatic carbocycles. The van der Waals surface area contributed by atoms with Crippen LogP contribution in [0.1, 0.15) is 5.56 Å². The second-order valence-corrected chi connectivity index (χ2v) is 6.06. The van der Waals surface area contributed by atoms with Crippen molar-refractivity contribution in [2.45, 2.75) is 0 Å². The molecule has 124 valence electrons. The van der Waals surface area contributed by atoms with Crippen molar-refractivity contribution in [3.05, 3.63) is 51.5 Å². The van der Waals surface area contributed by atoms with Crippen LogP contribution < -0.4 is 19.6 Å². The van der Waals surface area contributed by atoms with Crippen LogP contribution in [0.4, 0.5) is 0 Å². The Morgan fingerprint density at radius 2 is 2.12 bits per heavy atom. The molecule has 0 radical (unpaired) electrons. The van der Waals surface area contributed by atoms with Gasteiger partial charge in [0, 0.05) is 5.02 Å². The molecule has 1 amide bonds. The number of hydrazone groups is 1. The van der Waals surface area contributed by atoms with Gasteiger partial charge in [-0.3, -0.25) is 4.79 Å². The zero-order valence-electron chi connectivity index (χ0n) is 12.3. The highest BCUT2D eigenvalue weighted by molar-refractivity contribution is 9.10. The molecule has 1 heterocycles. The van der Waals surface area contributed by atoms with E-state index in [1.807, 2.05) is 6.07 Å². The average molecular weight is 412 g/mol. The molecule has 0 fully saturated rings. The topological polar surface area (TPSA) is 69.2 Å². The molecule has 0 bridgehead atoms. The highest BCUT2D eigenvalue weighted by atomic mass is 79.9. The third kappa shape index (κ3) is 4.18. The van der Waals surface area contributed by atoms with E-state index in [1.165, 1.54) is 6.21 Å². The SMILES string of the molecule is O=C(COc1ccc(Cl)cc1)N/N=C\c1cc(Br)c2c(c1)OCO2. The van der Waals surface area contributed by atoms with Gasteiger partial charge < -0.3 is 14.2 Å². The highest BCUT2D eigenvalue weighted by Crippen LogP contribution is 2.39. The number of nitrogens with zero attached hydrogens (tertiary/aromatic N) is 1. The Morgan fingerprint density at radius 3 is 2.92 bits per heavy atom. The number of benzene rings is 2. The summed E-state index contributed by atoms with van der Waals surface area (Å²) < 4.78 is 16.7. The minimum atomic E-state index is -0.374. The number of halogens is 2. The molecule has 0 unspecified atom stereocenters. The number of ether oxygens (including phenoxy) is 3. The Kier molecular flexibility index (Phi) is 5.22. The Morgan fingerprint density at radius 1 is 1.33 bits per heavy atom. The molecule has 3 rings (SSSR count). The Bertz CT molecular complexity index is 780. The number of amides is 1. The van der Waals surface area contributed by atoms with Crippen LogP contribution in [-0.4, -0.2) is 25.5 Å². The van der Waals surface area contributed by atoms with Crippen molar-refractivity contribution in [3.8, 4) is 17.2 Å². The van der Waals surface area contributed by atoms with Crippen LogP contribution in [0.3, 0.4) is 0 Å². The lowest BCUT2D eigenvalue weighted by atomic mass is 10.2. The number of nitrogens with one attached hydrogen (secondary N) is 1. The van der Waals surface area contributed by atoms with E-state index in [4.69, 9.17) is 25.8 Å². The number of rotatable bonds is 5. The summed E-state index contributed by atoms with van der Waals surface area (Å²) in [5.41, 5.74) is 3.15. The van der Waals surface area contributed by atoms with E-state index in [-0.39, 0.29) is 19.3 Å². The number of hydrogen-bond donors (Lipinski definition) is 1. The first-order valence-corrected chi connectivity index (χ1v) is 8.08. The molecule has 6 nitrogen and oxygen atoms in total. The highest BCUT2D eigenvalue weighted by Gasteiger charge is 2.17. The van der Waals surface area contributed by atoms with Crippen molar-refractivity contribution >= 4 is 39.7 Å². The Balaban J connectivity index is 1.51. The van der Waals surface area contributed by atoms with Crippen LogP contribution in [0.25, 0.3) is 0 Å². The summed E-state index contributed by atoms with van der Waals surface area (Å²) in [5, 5.41) is 4.49. The fraction of sp³-hybridized carbons (Fsp3) is 0.125. The molecule has 1 aliphatic rings. The minimum absolute atomic E-state index is 0.149. The summed E-state index contributed by atoms with van der Waals surface area (Å²) in [6, 6.07) is 10.3. The fourth-order valence-electron chi connectivity index (χ4n) is 1.95. The number of carbonyl (C=O) groups is 1. The first-order valence-electron chi connectivity index (χ1n) is 6.91. The Hall–Kier alpha value is -2.25. The summed E-state index contributed by atoms with van der Waals surface area (Å²) in [4.78, 5) is 11.7. The summed E-state index contributed by atoms with van der Waals surface area (Å²) in [7, 11) is 0. The molecule has 0 saturated carbocycles. The minimum Gasteiger partial charge on any atom is -0.484 e. The van der Waals surface area contributed by atoms with E-state index < -0.39 is 0 Å². The third-order valence-corrected chi connectivity index (χ3v) is 3.88. The van der Waals surface area contributed by atoms with Gasteiger partial charge in [0.2, 0.25) is 6.79 Å². The zero-order chi connectivity index (χ0) is 16.9. The molecule has 0 aromatic heterocycles. The van der Waals surface area contributed by atoms with Crippen LogP contribution in [0.2, 0.25) is 5.02 Å². The van der Waals surface area contributed by atoms with Crippen LogP contribution in [0.5, 0.6) is 17.2 Å². The molecule has 1 aliphatic heterocycles. The summed E-state index contributed by atoms with van der Waals surface area (Å²) in [5.74, 6) is 1.47. The fourth-order valence-corrected chi connectivity index (χ4v) is 2.65. The first-order chi connectivity index (χ1) is 11.6. The average Bonchev–Trinajstić information content (AvgIpc) is 3.03. The lowest BCUT2D eigenvalue weighted by Gasteiger charge is -2.05. The van der Waals surface area contributed by atoms with Crippen LogP contribution in [0.15, 0.2) is 46.0 Å². The van der Waals surface area contributed by atoms with Gasteiger partial charge >= 0.3 is 0 Å². The van der Waals surface area contributed by atoms with E-state index in [1.54, 1.807) is 30.3 Å². The summed E-state index contributed by atoms with van der Waals surface area (Å²) in [6.45, 7) is 0.0388. The molecule has 0 spiro atoms. The van der Waals surface area contributed by atoms with Crippen LogP contribution in [0, 0.1) is 0 Å². The molecule has 0 atom stereocenters. The van der Waals surface area contributed by atoms with Crippen molar-refractivity contribution in [3.63, 3.8) is 0 Å². The van der Waals surface area contributed by atoms with Crippen LogP contribution in [-0.2, 0) is 4.79 Å². The number of carbonyl (C=O) groups excluding carboxylic acids is 1. The van der Waals surface area contributed by atoms with Gasteiger partial charge in [-0.05, 0) is 57.9 Å². The van der Waals surface area contributed by atoms with E-state index in [0.717, 1.165) is 10.0 Å². The number of hydrogen-bond acceptors (Lipinski definition) is 5. The van der Waals surface area contributed by atoms with Gasteiger partial charge in [-0.15, -0.1) is 0 Å². The van der Waals surface area contributed by atoms with Crippen molar-refractivity contribution in [1.29, 1.82) is 0 Å². The normalized spacial score (nSPS) is 12.4. The van der Waals surface area contributed by atoms with E-state index in [9.17, 15) is 4.79 Å². The molecule has 0 saturated heterocycles. The predicted molar refractivity (Wildman–Crippen MR) is 92.9 cm³/mol. The molecular formula is C16H12BrClN2O4. The third-order valence-electron chi connectivity index (χ3n) is 3.04. The second-order valence-electron chi connectivity index (χ2n) is 4.77. The van der Waals surface area contributed by atoms with Gasteiger partial charge in [0.05, 0.1) is 10.7 Å². The van der Waals surface area contributed by atoms with E-state index in [0.29, 0.717) is 22.3 Å². The maximum absolute atomic E-state index is 11.7. The summed E-state index contributed by atoms with van der Waals surface area (Å²) >= 11 is 9.16. The standard InChI is InChI=1S/C16H12BrClN2O4/c17-13-5-10(6-14-16(13)24-9-23-14)7-19-20-15(21)8-22-12-3-1-11(18)2-4-12/h1-7H,8-9H2,(H,20,21)/b19-7-. The largest absolute Gasteiger partial charge is 0.484 e. The van der Waals surface area contributed by atoms with Gasteiger partial charge in [-0.1, -0.05) is 11.6 Å². The maximum atomic E-state index is 11.7. The molecular weight excluding hydrogens is 400 g/mol. The summed E-state index contributed by atoms with van der Waals surface area (Å²) in [6.07, 6.45) is 1.51.